The fourth-order valence-electron chi connectivity index (χ4n) is 1.19. The number of nitrogens with zero attached hydrogens (tertiary/aromatic N) is 3. The summed E-state index contributed by atoms with van der Waals surface area (Å²) in [5.41, 5.74) is 1.01. The van der Waals surface area contributed by atoms with Crippen molar-refractivity contribution in [3.05, 3.63) is 47.8 Å². The zero-order chi connectivity index (χ0) is 9.97. The first kappa shape index (κ1) is 8.62. The molecule has 0 radical (unpaired) electrons. The predicted molar refractivity (Wildman–Crippen MR) is 50.9 cm³/mol. The number of hydrogen-bond donors (Lipinski definition) is 0. The van der Waals surface area contributed by atoms with E-state index in [2.05, 4.69) is 10.2 Å². The Morgan fingerprint density at radius 1 is 1.29 bits per heavy atom. The summed E-state index contributed by atoms with van der Waals surface area (Å²) in [7, 11) is 1.68. The van der Waals surface area contributed by atoms with Crippen LogP contribution in [0, 0.1) is 0 Å². The zero-order valence-corrected chi connectivity index (χ0v) is 7.71. The summed E-state index contributed by atoms with van der Waals surface area (Å²) < 4.78 is 0. The minimum Gasteiger partial charge on any atom is -0.287 e. The second-order valence-corrected chi connectivity index (χ2v) is 2.91. The summed E-state index contributed by atoms with van der Waals surface area (Å²) in [6.07, 6.45) is 1.47. The molecule has 0 aliphatic rings. The van der Waals surface area contributed by atoms with Gasteiger partial charge in [0.2, 0.25) is 5.78 Å². The van der Waals surface area contributed by atoms with Crippen LogP contribution in [0.3, 0.4) is 0 Å². The standard InChI is InChI=1S/C10H9N3O/c1-13-11-7-9(12-13)10(14)8-5-3-2-4-6-8/h2-7H,1H3. The Morgan fingerprint density at radius 3 is 2.57 bits per heavy atom. The predicted octanol–water partition coefficient (Wildman–Crippen LogP) is 1.05. The molecule has 0 saturated heterocycles. The highest BCUT2D eigenvalue weighted by atomic mass is 16.1. The topological polar surface area (TPSA) is 47.8 Å². The normalized spacial score (nSPS) is 10.1. The van der Waals surface area contributed by atoms with Gasteiger partial charge in [0.15, 0.2) is 5.69 Å². The summed E-state index contributed by atoms with van der Waals surface area (Å²) in [5, 5.41) is 7.79. The van der Waals surface area contributed by atoms with Crippen molar-refractivity contribution in [1.82, 2.24) is 15.0 Å². The maximum absolute atomic E-state index is 11.7. The van der Waals surface area contributed by atoms with Gasteiger partial charge < -0.3 is 0 Å². The third-order valence-electron chi connectivity index (χ3n) is 1.87. The van der Waals surface area contributed by atoms with E-state index in [4.69, 9.17) is 0 Å². The molecule has 0 amide bonds. The molecule has 0 spiro atoms. The number of aryl methyl sites for hydroxylation is 1. The van der Waals surface area contributed by atoms with E-state index in [-0.39, 0.29) is 5.78 Å². The average Bonchev–Trinajstić information content (AvgIpc) is 2.65. The van der Waals surface area contributed by atoms with Gasteiger partial charge in [0.1, 0.15) is 0 Å². The van der Waals surface area contributed by atoms with Gasteiger partial charge in [0.25, 0.3) is 0 Å². The molecule has 14 heavy (non-hydrogen) atoms. The van der Waals surface area contributed by atoms with Crippen molar-refractivity contribution < 1.29 is 4.79 Å². The van der Waals surface area contributed by atoms with Crippen molar-refractivity contribution in [2.75, 3.05) is 0 Å². The largest absolute Gasteiger partial charge is 0.287 e. The first-order valence-electron chi connectivity index (χ1n) is 4.23. The van der Waals surface area contributed by atoms with E-state index < -0.39 is 0 Å². The molecule has 0 unspecified atom stereocenters. The van der Waals surface area contributed by atoms with Crippen molar-refractivity contribution in [2.24, 2.45) is 7.05 Å². The molecular weight excluding hydrogens is 178 g/mol. The van der Waals surface area contributed by atoms with Crippen molar-refractivity contribution in [2.45, 2.75) is 0 Å². The number of rotatable bonds is 2. The molecular formula is C10H9N3O. The molecule has 4 nitrogen and oxygen atoms in total. The molecule has 0 atom stereocenters. The minimum absolute atomic E-state index is 0.0984. The van der Waals surface area contributed by atoms with Gasteiger partial charge in [0.05, 0.1) is 6.20 Å². The van der Waals surface area contributed by atoms with E-state index in [1.165, 1.54) is 11.0 Å². The Morgan fingerprint density at radius 2 is 2.00 bits per heavy atom. The summed E-state index contributed by atoms with van der Waals surface area (Å²) in [6, 6.07) is 9.04. The fraction of sp³-hybridized carbons (Fsp3) is 0.100. The van der Waals surface area contributed by atoms with Gasteiger partial charge >= 0.3 is 0 Å². The van der Waals surface area contributed by atoms with Gasteiger partial charge in [-0.05, 0) is 0 Å². The lowest BCUT2D eigenvalue weighted by molar-refractivity contribution is 0.103. The Bertz CT molecular complexity index is 447. The Kier molecular flexibility index (Phi) is 2.10. The van der Waals surface area contributed by atoms with Crippen molar-refractivity contribution in [3.8, 4) is 0 Å². The van der Waals surface area contributed by atoms with E-state index >= 15 is 0 Å². The number of ketones is 1. The smallest absolute Gasteiger partial charge is 0.214 e. The van der Waals surface area contributed by atoms with E-state index in [1.807, 2.05) is 18.2 Å². The van der Waals surface area contributed by atoms with Crippen LogP contribution < -0.4 is 0 Å². The van der Waals surface area contributed by atoms with Crippen LogP contribution in [-0.2, 0) is 7.05 Å². The molecule has 2 rings (SSSR count). The van der Waals surface area contributed by atoms with Crippen LogP contribution >= 0.6 is 0 Å². The highest BCUT2D eigenvalue weighted by molar-refractivity contribution is 6.07. The first-order chi connectivity index (χ1) is 6.77. The van der Waals surface area contributed by atoms with Crippen LogP contribution in [0.25, 0.3) is 0 Å². The Labute approximate surface area is 81.2 Å². The third kappa shape index (κ3) is 1.54. The van der Waals surface area contributed by atoms with E-state index in [0.29, 0.717) is 11.3 Å². The molecule has 0 aliphatic carbocycles. The maximum atomic E-state index is 11.7. The molecule has 0 N–H and O–H groups in total. The van der Waals surface area contributed by atoms with Gasteiger partial charge in [0, 0.05) is 12.6 Å². The van der Waals surface area contributed by atoms with E-state index in [1.54, 1.807) is 19.2 Å². The highest BCUT2D eigenvalue weighted by Crippen LogP contribution is 2.05. The second kappa shape index (κ2) is 3.41. The highest BCUT2D eigenvalue weighted by Gasteiger charge is 2.11. The molecule has 0 aliphatic heterocycles. The number of aromatic nitrogens is 3. The van der Waals surface area contributed by atoms with Crippen LogP contribution in [0.15, 0.2) is 36.5 Å². The minimum atomic E-state index is -0.0984. The SMILES string of the molecule is Cn1ncc(C(=O)c2ccccc2)n1. The molecule has 1 heterocycles. The number of hydrogen-bond acceptors (Lipinski definition) is 3. The van der Waals surface area contributed by atoms with Crippen LogP contribution in [0.4, 0.5) is 0 Å². The van der Waals surface area contributed by atoms with E-state index in [0.717, 1.165) is 0 Å². The van der Waals surface area contributed by atoms with E-state index in [9.17, 15) is 4.79 Å². The summed E-state index contributed by atoms with van der Waals surface area (Å²) in [5.74, 6) is -0.0984. The van der Waals surface area contributed by atoms with Gasteiger partial charge in [-0.2, -0.15) is 15.0 Å². The summed E-state index contributed by atoms with van der Waals surface area (Å²) >= 11 is 0. The van der Waals surface area contributed by atoms with Crippen LogP contribution in [0.2, 0.25) is 0 Å². The Hall–Kier alpha value is -1.97. The second-order valence-electron chi connectivity index (χ2n) is 2.91. The van der Waals surface area contributed by atoms with Crippen molar-refractivity contribution in [3.63, 3.8) is 0 Å². The maximum Gasteiger partial charge on any atom is 0.214 e. The monoisotopic (exact) mass is 187 g/mol. The lowest BCUT2D eigenvalue weighted by Gasteiger charge is -1.94. The van der Waals surface area contributed by atoms with Gasteiger partial charge in [-0.15, -0.1) is 0 Å². The molecule has 0 saturated carbocycles. The lowest BCUT2D eigenvalue weighted by atomic mass is 10.1. The van der Waals surface area contributed by atoms with Crippen molar-refractivity contribution >= 4 is 5.78 Å². The molecule has 0 fully saturated rings. The molecule has 0 bridgehead atoms. The van der Waals surface area contributed by atoms with Crippen LogP contribution in [-0.4, -0.2) is 20.8 Å². The average molecular weight is 187 g/mol. The molecule has 4 heteroatoms. The van der Waals surface area contributed by atoms with Gasteiger partial charge in [-0.1, -0.05) is 30.3 Å². The first-order valence-corrected chi connectivity index (χ1v) is 4.23. The molecule has 2 aromatic rings. The van der Waals surface area contributed by atoms with Crippen LogP contribution in [0.1, 0.15) is 16.1 Å². The zero-order valence-electron chi connectivity index (χ0n) is 7.71. The van der Waals surface area contributed by atoms with Gasteiger partial charge in [-0.25, -0.2) is 0 Å². The lowest BCUT2D eigenvalue weighted by Crippen LogP contribution is -2.02. The summed E-state index contributed by atoms with van der Waals surface area (Å²) in [4.78, 5) is 13.1. The number of carbonyl (C=O) groups is 1. The quantitative estimate of drug-likeness (QED) is 0.660. The molecule has 70 valence electrons. The third-order valence-corrected chi connectivity index (χ3v) is 1.87. The van der Waals surface area contributed by atoms with Crippen molar-refractivity contribution in [1.29, 1.82) is 0 Å². The number of benzene rings is 1. The van der Waals surface area contributed by atoms with Crippen LogP contribution in [0.5, 0.6) is 0 Å². The molecule has 1 aromatic carbocycles. The van der Waals surface area contributed by atoms with Gasteiger partial charge in [-0.3, -0.25) is 4.79 Å². The Balaban J connectivity index is 2.34. The summed E-state index contributed by atoms with van der Waals surface area (Å²) in [6.45, 7) is 0. The molecule has 1 aromatic heterocycles. The fourth-order valence-corrected chi connectivity index (χ4v) is 1.19. The number of carbonyl (C=O) groups excluding carboxylic acids is 1.